The second-order valence-corrected chi connectivity index (χ2v) is 5.52. The van der Waals surface area contributed by atoms with Crippen molar-refractivity contribution in [1.82, 2.24) is 10.3 Å². The van der Waals surface area contributed by atoms with Crippen LogP contribution >= 0.6 is 0 Å². The van der Waals surface area contributed by atoms with E-state index in [1.807, 2.05) is 48.5 Å². The highest BCUT2D eigenvalue weighted by molar-refractivity contribution is 5.80. The van der Waals surface area contributed by atoms with Gasteiger partial charge in [0.15, 0.2) is 6.61 Å². The van der Waals surface area contributed by atoms with Crippen LogP contribution < -0.4 is 19.5 Å². The monoisotopic (exact) mass is 352 g/mol. The average Bonchev–Trinajstić information content (AvgIpc) is 2.70. The zero-order chi connectivity index (χ0) is 18.2. The Labute approximate surface area is 151 Å². The molecule has 0 unspecified atom stereocenters. The van der Waals surface area contributed by atoms with Crippen LogP contribution in [0.5, 0.6) is 17.2 Å². The fourth-order valence-electron chi connectivity index (χ4n) is 2.37. The van der Waals surface area contributed by atoms with E-state index in [0.717, 1.165) is 22.4 Å². The van der Waals surface area contributed by atoms with Gasteiger partial charge in [-0.15, -0.1) is 0 Å². The third kappa shape index (κ3) is 4.86. The third-order valence-corrected chi connectivity index (χ3v) is 3.70. The molecule has 3 rings (SSSR count). The summed E-state index contributed by atoms with van der Waals surface area (Å²) < 4.78 is 16.2. The number of amides is 1. The predicted molar refractivity (Wildman–Crippen MR) is 98.7 cm³/mol. The molecule has 0 fully saturated rings. The SMILES string of the molecule is COc1ccc(OCCNC(=O)COc2ccc3ncccc3c2)cc1. The van der Waals surface area contributed by atoms with Crippen molar-refractivity contribution in [3.05, 3.63) is 60.8 Å². The third-order valence-electron chi connectivity index (χ3n) is 3.70. The molecule has 0 radical (unpaired) electrons. The molecule has 1 amide bonds. The van der Waals surface area contributed by atoms with Crippen molar-refractivity contribution in [2.45, 2.75) is 0 Å². The molecule has 134 valence electrons. The number of nitrogens with one attached hydrogen (secondary N) is 1. The van der Waals surface area contributed by atoms with E-state index in [4.69, 9.17) is 14.2 Å². The molecule has 2 aromatic carbocycles. The summed E-state index contributed by atoms with van der Waals surface area (Å²) in [7, 11) is 1.61. The normalized spacial score (nSPS) is 10.3. The van der Waals surface area contributed by atoms with Gasteiger partial charge in [0, 0.05) is 11.6 Å². The number of ether oxygens (including phenoxy) is 3. The largest absolute Gasteiger partial charge is 0.497 e. The molecule has 1 heterocycles. The summed E-state index contributed by atoms with van der Waals surface area (Å²) in [5.41, 5.74) is 0.889. The average molecular weight is 352 g/mol. The fourth-order valence-corrected chi connectivity index (χ4v) is 2.37. The van der Waals surface area contributed by atoms with Gasteiger partial charge in [0.25, 0.3) is 5.91 Å². The van der Waals surface area contributed by atoms with Gasteiger partial charge in [-0.1, -0.05) is 6.07 Å². The van der Waals surface area contributed by atoms with Gasteiger partial charge in [0.05, 0.1) is 19.2 Å². The molecule has 3 aromatic rings. The first kappa shape index (κ1) is 17.5. The zero-order valence-corrected chi connectivity index (χ0v) is 14.5. The predicted octanol–water partition coefficient (Wildman–Crippen LogP) is 2.82. The minimum atomic E-state index is -0.199. The van der Waals surface area contributed by atoms with Crippen molar-refractivity contribution >= 4 is 16.8 Å². The lowest BCUT2D eigenvalue weighted by atomic mass is 10.2. The fraction of sp³-hybridized carbons (Fsp3) is 0.200. The first-order valence-electron chi connectivity index (χ1n) is 8.26. The van der Waals surface area contributed by atoms with E-state index in [2.05, 4.69) is 10.3 Å². The molecule has 0 aliphatic carbocycles. The van der Waals surface area contributed by atoms with E-state index in [0.29, 0.717) is 18.9 Å². The van der Waals surface area contributed by atoms with E-state index in [1.165, 1.54) is 0 Å². The summed E-state index contributed by atoms with van der Waals surface area (Å²) in [6, 6.07) is 16.6. The van der Waals surface area contributed by atoms with Crippen molar-refractivity contribution in [1.29, 1.82) is 0 Å². The summed E-state index contributed by atoms with van der Waals surface area (Å²) >= 11 is 0. The van der Waals surface area contributed by atoms with Crippen molar-refractivity contribution in [2.24, 2.45) is 0 Å². The molecule has 6 heteroatoms. The maximum Gasteiger partial charge on any atom is 0.258 e. The number of nitrogens with zero attached hydrogens (tertiary/aromatic N) is 1. The van der Waals surface area contributed by atoms with E-state index >= 15 is 0 Å². The number of fused-ring (bicyclic) bond motifs is 1. The highest BCUT2D eigenvalue weighted by atomic mass is 16.5. The standard InChI is InChI=1S/C20H20N2O4/c1-24-16-4-6-17(7-5-16)25-12-11-22-20(23)14-26-18-8-9-19-15(13-18)3-2-10-21-19/h2-10,13H,11-12,14H2,1H3,(H,22,23). The molecule has 0 spiro atoms. The second-order valence-electron chi connectivity index (χ2n) is 5.52. The Hall–Kier alpha value is -3.28. The number of methoxy groups -OCH3 is 1. The molecule has 0 bridgehead atoms. The zero-order valence-electron chi connectivity index (χ0n) is 14.5. The number of aromatic nitrogens is 1. The van der Waals surface area contributed by atoms with Crippen LogP contribution in [0.25, 0.3) is 10.9 Å². The quantitative estimate of drug-likeness (QED) is 0.631. The Morgan fingerprint density at radius 1 is 1.00 bits per heavy atom. The van der Waals surface area contributed by atoms with Crippen LogP contribution in [0, 0.1) is 0 Å². The number of rotatable bonds is 8. The van der Waals surface area contributed by atoms with Crippen LogP contribution in [0.3, 0.4) is 0 Å². The Kier molecular flexibility index (Phi) is 5.88. The molecule has 0 aliphatic rings. The summed E-state index contributed by atoms with van der Waals surface area (Å²) in [4.78, 5) is 16.1. The van der Waals surface area contributed by atoms with Gasteiger partial charge in [-0.2, -0.15) is 0 Å². The van der Waals surface area contributed by atoms with Crippen molar-refractivity contribution in [3.63, 3.8) is 0 Å². The van der Waals surface area contributed by atoms with Crippen LogP contribution in [0.2, 0.25) is 0 Å². The highest BCUT2D eigenvalue weighted by Gasteiger charge is 2.04. The summed E-state index contributed by atoms with van der Waals surface area (Å²) in [6.45, 7) is 0.726. The van der Waals surface area contributed by atoms with E-state index in [9.17, 15) is 4.79 Å². The van der Waals surface area contributed by atoms with E-state index in [1.54, 1.807) is 19.4 Å². The van der Waals surface area contributed by atoms with Crippen LogP contribution in [0.1, 0.15) is 0 Å². The minimum Gasteiger partial charge on any atom is -0.497 e. The molecule has 0 saturated carbocycles. The van der Waals surface area contributed by atoms with Crippen LogP contribution in [0.15, 0.2) is 60.8 Å². The van der Waals surface area contributed by atoms with E-state index < -0.39 is 0 Å². The minimum absolute atomic E-state index is 0.0473. The van der Waals surface area contributed by atoms with Gasteiger partial charge in [0.2, 0.25) is 0 Å². The lowest BCUT2D eigenvalue weighted by Gasteiger charge is -2.09. The van der Waals surface area contributed by atoms with Gasteiger partial charge >= 0.3 is 0 Å². The van der Waals surface area contributed by atoms with Crippen LogP contribution in [-0.2, 0) is 4.79 Å². The van der Waals surface area contributed by atoms with Crippen LogP contribution in [-0.4, -0.2) is 37.8 Å². The topological polar surface area (TPSA) is 69.7 Å². The Morgan fingerprint density at radius 3 is 2.58 bits per heavy atom. The van der Waals surface area contributed by atoms with E-state index in [-0.39, 0.29) is 12.5 Å². The molecule has 1 aromatic heterocycles. The number of hydrogen-bond donors (Lipinski definition) is 1. The summed E-state index contributed by atoms with van der Waals surface area (Å²) in [6.07, 6.45) is 1.74. The molecular formula is C20H20N2O4. The summed E-state index contributed by atoms with van der Waals surface area (Å²) in [5.74, 6) is 1.93. The van der Waals surface area contributed by atoms with Crippen molar-refractivity contribution < 1.29 is 19.0 Å². The highest BCUT2D eigenvalue weighted by Crippen LogP contribution is 2.19. The van der Waals surface area contributed by atoms with Gasteiger partial charge < -0.3 is 19.5 Å². The molecule has 0 atom stereocenters. The molecule has 0 aliphatic heterocycles. The molecular weight excluding hydrogens is 332 g/mol. The Bertz CT molecular complexity index is 865. The maximum absolute atomic E-state index is 11.9. The number of hydrogen-bond acceptors (Lipinski definition) is 5. The molecule has 26 heavy (non-hydrogen) atoms. The van der Waals surface area contributed by atoms with Gasteiger partial charge in [0.1, 0.15) is 23.9 Å². The number of benzene rings is 2. The number of carbonyl (C=O) groups is 1. The lowest BCUT2D eigenvalue weighted by Crippen LogP contribution is -2.32. The van der Waals surface area contributed by atoms with Crippen molar-refractivity contribution in [3.8, 4) is 17.2 Å². The maximum atomic E-state index is 11.9. The Balaban J connectivity index is 1.38. The second kappa shape index (κ2) is 8.71. The van der Waals surface area contributed by atoms with Gasteiger partial charge in [-0.3, -0.25) is 9.78 Å². The smallest absolute Gasteiger partial charge is 0.258 e. The first-order chi connectivity index (χ1) is 12.7. The Morgan fingerprint density at radius 2 is 1.77 bits per heavy atom. The number of pyridine rings is 1. The lowest BCUT2D eigenvalue weighted by molar-refractivity contribution is -0.123. The molecule has 1 N–H and O–H groups in total. The number of carbonyl (C=O) groups excluding carboxylic acids is 1. The van der Waals surface area contributed by atoms with Crippen molar-refractivity contribution in [2.75, 3.05) is 26.9 Å². The molecule has 6 nitrogen and oxygen atoms in total. The van der Waals surface area contributed by atoms with Gasteiger partial charge in [-0.25, -0.2) is 0 Å². The van der Waals surface area contributed by atoms with Gasteiger partial charge in [-0.05, 0) is 48.5 Å². The molecule has 0 saturated heterocycles. The summed E-state index contributed by atoms with van der Waals surface area (Å²) in [5, 5.41) is 3.73. The van der Waals surface area contributed by atoms with Crippen LogP contribution in [0.4, 0.5) is 0 Å². The first-order valence-corrected chi connectivity index (χ1v) is 8.26.